The summed E-state index contributed by atoms with van der Waals surface area (Å²) in [6, 6.07) is 145. The molecule has 0 amide bonds. The van der Waals surface area contributed by atoms with Gasteiger partial charge in [-0.3, -0.25) is 0 Å². The van der Waals surface area contributed by atoms with Crippen LogP contribution in [0.25, 0.3) is 154 Å². The van der Waals surface area contributed by atoms with E-state index in [1.165, 1.54) is 131 Å². The minimum atomic E-state index is -1.41. The molecule has 0 unspecified atom stereocenters. The first kappa shape index (κ1) is 79.2. The SMILES string of the molecule is Brc1ccc(Br)c2ccccc12.Brc1ccc2cc(-c3ccc(-c4ccc5ccccc5c4)cc3)ccc2c1.C.C.OB(O)c1ccc(-c2ccc3ccccc3c2)cc1.OB(O)c1ccc(-c2ccccc2)cc1.c1ccc(-c2ccc(-c3ccc(-c4ccc(-c5ccc6ccccc6c5)cc4)c4ccccc34)cc2)cc1. The van der Waals surface area contributed by atoms with Crippen molar-refractivity contribution in [2.24, 2.45) is 0 Å². The van der Waals surface area contributed by atoms with Gasteiger partial charge in [0.2, 0.25) is 0 Å². The largest absolute Gasteiger partial charge is 0.488 e. The molecule has 4 N–H and O–H groups in total. The van der Waals surface area contributed by atoms with Crippen LogP contribution in [0.5, 0.6) is 0 Å². The molecule has 9 heteroatoms. The number of hydrogen-bond acceptors (Lipinski definition) is 4. The third-order valence-corrected chi connectivity index (χ3v) is 21.9. The fourth-order valence-electron chi connectivity index (χ4n) is 14.0. The monoisotopic (exact) mass is 1650 g/mol. The second-order valence-corrected chi connectivity index (χ2v) is 29.8. The van der Waals surface area contributed by atoms with Crippen LogP contribution in [0.4, 0.5) is 0 Å². The zero-order valence-electron chi connectivity index (χ0n) is 60.4. The molecule has 0 aliphatic rings. The van der Waals surface area contributed by atoms with Crippen molar-refractivity contribution in [1.29, 1.82) is 0 Å². The maximum Gasteiger partial charge on any atom is 0.488 e. The third kappa shape index (κ3) is 19.2. The summed E-state index contributed by atoms with van der Waals surface area (Å²) in [4.78, 5) is 0. The van der Waals surface area contributed by atoms with Crippen molar-refractivity contribution in [1.82, 2.24) is 0 Å². The van der Waals surface area contributed by atoms with E-state index < -0.39 is 14.2 Å². The summed E-state index contributed by atoms with van der Waals surface area (Å²) in [5.41, 5.74) is 20.3. The molecular formula is C104H81B2Br3O4. The Kier molecular flexibility index (Phi) is 26.3. The van der Waals surface area contributed by atoms with Crippen LogP contribution in [0, 0.1) is 0 Å². The van der Waals surface area contributed by atoms with Crippen LogP contribution in [0.15, 0.2) is 432 Å². The van der Waals surface area contributed by atoms with E-state index in [2.05, 4.69) is 351 Å². The molecule has 0 heterocycles. The highest BCUT2D eigenvalue weighted by atomic mass is 79.9. The van der Waals surface area contributed by atoms with Crippen molar-refractivity contribution in [3.05, 3.63) is 432 Å². The number of rotatable bonds is 10. The Hall–Kier alpha value is -11.9. The smallest absolute Gasteiger partial charge is 0.423 e. The van der Waals surface area contributed by atoms with Gasteiger partial charge in [0, 0.05) is 13.4 Å². The van der Waals surface area contributed by atoms with Crippen molar-refractivity contribution in [2.75, 3.05) is 0 Å². The van der Waals surface area contributed by atoms with E-state index in [0.29, 0.717) is 10.9 Å². The Balaban J connectivity index is 0.000000131. The van der Waals surface area contributed by atoms with Gasteiger partial charge < -0.3 is 20.1 Å². The van der Waals surface area contributed by atoms with Crippen molar-refractivity contribution in [3.8, 4) is 89.0 Å². The molecule has 19 rings (SSSR count). The maximum atomic E-state index is 9.08. The minimum absolute atomic E-state index is 0. The molecule has 0 aliphatic heterocycles. The predicted molar refractivity (Wildman–Crippen MR) is 497 cm³/mol. The highest BCUT2D eigenvalue weighted by molar-refractivity contribution is 9.11. The summed E-state index contributed by atoms with van der Waals surface area (Å²) in [6.07, 6.45) is 0. The second-order valence-electron chi connectivity index (χ2n) is 27.1. The van der Waals surface area contributed by atoms with Crippen LogP contribution in [0.1, 0.15) is 14.9 Å². The summed E-state index contributed by atoms with van der Waals surface area (Å²) in [5, 5.41) is 51.1. The van der Waals surface area contributed by atoms with E-state index in [-0.39, 0.29) is 14.9 Å². The summed E-state index contributed by atoms with van der Waals surface area (Å²) >= 11 is 10.6. The predicted octanol–water partition coefficient (Wildman–Crippen LogP) is 27.6. The van der Waals surface area contributed by atoms with E-state index in [9.17, 15) is 0 Å². The molecule has 0 fully saturated rings. The fraction of sp³-hybridized carbons (Fsp3) is 0.0192. The van der Waals surface area contributed by atoms with Gasteiger partial charge in [-0.2, -0.15) is 0 Å². The first-order valence-electron chi connectivity index (χ1n) is 36.8. The molecule has 0 saturated carbocycles. The number of fused-ring (bicyclic) bond motifs is 6. The summed E-state index contributed by atoms with van der Waals surface area (Å²) < 4.78 is 3.39. The van der Waals surface area contributed by atoms with E-state index in [4.69, 9.17) is 20.1 Å². The summed E-state index contributed by atoms with van der Waals surface area (Å²) in [7, 11) is -2.81. The molecule has 0 spiro atoms. The highest BCUT2D eigenvalue weighted by Gasteiger charge is 2.15. The van der Waals surface area contributed by atoms with Crippen LogP contribution in [-0.2, 0) is 0 Å². The van der Waals surface area contributed by atoms with Crippen molar-refractivity contribution >= 4 is 138 Å². The Morgan fingerprint density at radius 1 is 0.168 bits per heavy atom. The molecule has 0 aromatic heterocycles. The number of benzene rings is 19. The summed E-state index contributed by atoms with van der Waals surface area (Å²) in [5.74, 6) is 0. The maximum absolute atomic E-state index is 9.08. The average molecular weight is 1660 g/mol. The molecule has 0 atom stereocenters. The molecule has 4 nitrogen and oxygen atoms in total. The Bertz CT molecular complexity index is 6360. The van der Waals surface area contributed by atoms with E-state index in [0.717, 1.165) is 35.7 Å². The van der Waals surface area contributed by atoms with Crippen molar-refractivity contribution in [2.45, 2.75) is 14.9 Å². The fourth-order valence-corrected chi connectivity index (χ4v) is 15.4. The molecular weight excluding hydrogens is 1570 g/mol. The standard InChI is InChI=1S/C38H26.C26H17Br.C16H13BO2.C12H11BO2.C10H6Br2.2CH4/c1-2-8-27(9-3-1)29-14-19-31(20-15-29)35-24-25-36(38-13-7-6-12-37(35)38)32-21-16-30(17-22-32)34-23-18-28-10-4-5-11-33(28)26-34;27-26-14-13-24-16-23(11-12-25(24)17-26)20-7-5-19(6-8-20)22-10-9-18-3-1-2-4-21(18)15-22;18-17(19)16-9-7-13(8-10-16)15-6-5-12-3-1-2-4-14(12)11-15;14-13(15)12-8-6-11(7-9-12)10-4-2-1-3-5-10;11-9-5-6-10(12)8-4-2-1-3-7(8)9;;/h1-26H;1-17H;1-11,18-19H;1-9,14-15H;1-6H;2*1H4. The zero-order valence-corrected chi connectivity index (χ0v) is 65.2. The third-order valence-electron chi connectivity index (χ3n) is 20.0. The van der Waals surface area contributed by atoms with Gasteiger partial charge in [0.25, 0.3) is 0 Å². The lowest BCUT2D eigenvalue weighted by Crippen LogP contribution is -2.29. The van der Waals surface area contributed by atoms with Crippen LogP contribution in [0.3, 0.4) is 0 Å². The van der Waals surface area contributed by atoms with E-state index in [1.54, 1.807) is 24.3 Å². The number of halogens is 3. The molecule has 19 aromatic rings. The van der Waals surface area contributed by atoms with Gasteiger partial charge >= 0.3 is 14.2 Å². The Morgan fingerprint density at radius 3 is 0.717 bits per heavy atom. The first-order valence-corrected chi connectivity index (χ1v) is 39.1. The Labute approximate surface area is 688 Å². The lowest BCUT2D eigenvalue weighted by molar-refractivity contribution is 0.424. The van der Waals surface area contributed by atoms with Gasteiger partial charge in [-0.1, -0.05) is 433 Å². The average Bonchev–Trinajstić information content (AvgIpc) is 0.773. The van der Waals surface area contributed by atoms with Gasteiger partial charge in [-0.15, -0.1) is 0 Å². The molecule has 0 saturated heterocycles. The van der Waals surface area contributed by atoms with E-state index >= 15 is 0 Å². The quantitative estimate of drug-likeness (QED) is 0.103. The molecule has 0 bridgehead atoms. The van der Waals surface area contributed by atoms with Crippen LogP contribution in [-0.4, -0.2) is 34.3 Å². The Morgan fingerprint density at radius 2 is 0.389 bits per heavy atom. The van der Waals surface area contributed by atoms with Crippen molar-refractivity contribution in [3.63, 3.8) is 0 Å². The van der Waals surface area contributed by atoms with Gasteiger partial charge in [-0.05, 0) is 213 Å². The molecule has 0 radical (unpaired) electrons. The topological polar surface area (TPSA) is 80.9 Å². The molecule has 113 heavy (non-hydrogen) atoms. The second kappa shape index (κ2) is 37.4. The van der Waals surface area contributed by atoms with E-state index in [1.807, 2.05) is 91.0 Å². The number of hydrogen-bond donors (Lipinski definition) is 4. The van der Waals surface area contributed by atoms with Crippen LogP contribution in [0.2, 0.25) is 0 Å². The van der Waals surface area contributed by atoms with Crippen molar-refractivity contribution < 1.29 is 20.1 Å². The first-order chi connectivity index (χ1) is 54.4. The van der Waals surface area contributed by atoms with Crippen LogP contribution < -0.4 is 10.9 Å². The highest BCUT2D eigenvalue weighted by Crippen LogP contribution is 2.39. The normalized spacial score (nSPS) is 10.6. The minimum Gasteiger partial charge on any atom is -0.423 e. The zero-order chi connectivity index (χ0) is 76.0. The molecule has 0 aliphatic carbocycles. The molecule has 19 aromatic carbocycles. The lowest BCUT2D eigenvalue weighted by Gasteiger charge is -2.13. The molecule has 548 valence electrons. The van der Waals surface area contributed by atoms with Gasteiger partial charge in [0.15, 0.2) is 0 Å². The van der Waals surface area contributed by atoms with Gasteiger partial charge in [0.05, 0.1) is 0 Å². The van der Waals surface area contributed by atoms with Crippen LogP contribution >= 0.6 is 47.8 Å². The van der Waals surface area contributed by atoms with Gasteiger partial charge in [0.1, 0.15) is 0 Å². The van der Waals surface area contributed by atoms with Gasteiger partial charge in [-0.25, -0.2) is 0 Å². The summed E-state index contributed by atoms with van der Waals surface area (Å²) in [6.45, 7) is 0. The lowest BCUT2D eigenvalue weighted by atomic mass is 9.80.